The lowest BCUT2D eigenvalue weighted by atomic mass is 10.00. The Bertz CT molecular complexity index is 491. The molecular weight excluding hydrogens is 308 g/mol. The van der Waals surface area contributed by atoms with Crippen molar-refractivity contribution in [2.45, 2.75) is 45.6 Å². The van der Waals surface area contributed by atoms with Gasteiger partial charge in [-0.15, -0.1) is 0 Å². The van der Waals surface area contributed by atoms with Gasteiger partial charge < -0.3 is 4.90 Å². The average molecular weight is 327 g/mol. The highest BCUT2D eigenvalue weighted by Crippen LogP contribution is 2.37. The second kappa shape index (κ2) is 5.90. The summed E-state index contributed by atoms with van der Waals surface area (Å²) in [6, 6.07) is 3.83. The lowest BCUT2D eigenvalue weighted by Gasteiger charge is -2.37. The van der Waals surface area contributed by atoms with Gasteiger partial charge in [0.2, 0.25) is 0 Å². The minimum Gasteiger partial charge on any atom is -0.368 e. The number of rotatable bonds is 3. The van der Waals surface area contributed by atoms with E-state index in [9.17, 15) is 10.1 Å². The molecule has 1 aromatic rings. The first-order valence-electron chi connectivity index (χ1n) is 6.78. The zero-order valence-corrected chi connectivity index (χ0v) is 12.9. The Kier molecular flexibility index (Phi) is 4.45. The summed E-state index contributed by atoms with van der Waals surface area (Å²) in [5.41, 5.74) is 2.35. The Labute approximate surface area is 122 Å². The molecule has 5 heteroatoms. The third-order valence-corrected chi connectivity index (χ3v) is 4.41. The monoisotopic (exact) mass is 326 g/mol. The van der Waals surface area contributed by atoms with Gasteiger partial charge in [-0.05, 0) is 54.1 Å². The molecule has 0 aliphatic carbocycles. The molecule has 104 valence electrons. The first-order valence-corrected chi connectivity index (χ1v) is 7.57. The molecular formula is C14H19BrN2O2. The maximum atomic E-state index is 10.9. The summed E-state index contributed by atoms with van der Waals surface area (Å²) >= 11 is 3.52. The second-order valence-corrected chi connectivity index (χ2v) is 5.94. The predicted octanol–water partition coefficient (Wildman–Crippen LogP) is 4.30. The predicted molar refractivity (Wildman–Crippen MR) is 80.8 cm³/mol. The Morgan fingerprint density at radius 2 is 2.21 bits per heavy atom. The number of nitro benzene ring substituents is 1. The summed E-state index contributed by atoms with van der Waals surface area (Å²) in [5.74, 6) is 0. The second-order valence-electron chi connectivity index (χ2n) is 5.08. The normalized spacial score (nSPS) is 19.5. The molecule has 0 aromatic heterocycles. The molecule has 0 saturated carbocycles. The van der Waals surface area contributed by atoms with E-state index in [-0.39, 0.29) is 10.6 Å². The Hall–Kier alpha value is -1.10. The van der Waals surface area contributed by atoms with Crippen molar-refractivity contribution in [3.63, 3.8) is 0 Å². The van der Waals surface area contributed by atoms with E-state index in [1.807, 2.05) is 6.92 Å². The summed E-state index contributed by atoms with van der Waals surface area (Å²) in [5, 5.41) is 10.9. The van der Waals surface area contributed by atoms with Crippen LogP contribution in [0.3, 0.4) is 0 Å². The maximum Gasteiger partial charge on any atom is 0.270 e. The molecule has 2 rings (SSSR count). The third-order valence-electron chi connectivity index (χ3n) is 3.81. The Morgan fingerprint density at radius 1 is 1.47 bits per heavy atom. The summed E-state index contributed by atoms with van der Waals surface area (Å²) in [6.45, 7) is 5.31. The molecule has 4 nitrogen and oxygen atoms in total. The number of aryl methyl sites for hydroxylation is 1. The van der Waals surface area contributed by atoms with Gasteiger partial charge in [-0.3, -0.25) is 10.1 Å². The molecule has 0 radical (unpaired) electrons. The number of hydrogen-bond acceptors (Lipinski definition) is 3. The molecule has 0 spiro atoms. The Balaban J connectivity index is 2.46. The van der Waals surface area contributed by atoms with Gasteiger partial charge in [0.15, 0.2) is 0 Å². The van der Waals surface area contributed by atoms with Crippen LogP contribution in [0.5, 0.6) is 0 Å². The van der Waals surface area contributed by atoms with E-state index in [1.165, 1.54) is 19.3 Å². The SMILES string of the molecule is CCc1cc([N+](=O)[O-])cc(Br)c1N1CCCC[C@@H]1C. The highest BCUT2D eigenvalue weighted by molar-refractivity contribution is 9.10. The number of piperidine rings is 1. The van der Waals surface area contributed by atoms with Crippen LogP contribution in [-0.2, 0) is 6.42 Å². The molecule has 0 bridgehead atoms. The number of anilines is 1. The summed E-state index contributed by atoms with van der Waals surface area (Å²) in [4.78, 5) is 13.0. The minimum atomic E-state index is -0.326. The van der Waals surface area contributed by atoms with Crippen molar-refractivity contribution in [1.29, 1.82) is 0 Å². The van der Waals surface area contributed by atoms with E-state index in [4.69, 9.17) is 0 Å². The van der Waals surface area contributed by atoms with Gasteiger partial charge in [-0.1, -0.05) is 6.92 Å². The number of nitro groups is 1. The van der Waals surface area contributed by atoms with Crippen LogP contribution in [0.25, 0.3) is 0 Å². The third kappa shape index (κ3) is 2.91. The molecule has 1 aliphatic rings. The smallest absolute Gasteiger partial charge is 0.270 e. The topological polar surface area (TPSA) is 46.4 Å². The van der Waals surface area contributed by atoms with Crippen LogP contribution in [0.15, 0.2) is 16.6 Å². The quantitative estimate of drug-likeness (QED) is 0.614. The summed E-state index contributed by atoms with van der Waals surface area (Å²) in [6.07, 6.45) is 4.45. The van der Waals surface area contributed by atoms with Gasteiger partial charge in [0.25, 0.3) is 5.69 Å². The highest BCUT2D eigenvalue weighted by Gasteiger charge is 2.24. The fourth-order valence-electron chi connectivity index (χ4n) is 2.77. The summed E-state index contributed by atoms with van der Waals surface area (Å²) in [7, 11) is 0. The van der Waals surface area contributed by atoms with Crippen LogP contribution in [-0.4, -0.2) is 17.5 Å². The minimum absolute atomic E-state index is 0.164. The molecule has 1 aromatic carbocycles. The van der Waals surface area contributed by atoms with Gasteiger partial charge in [-0.2, -0.15) is 0 Å². The van der Waals surface area contributed by atoms with Gasteiger partial charge in [-0.25, -0.2) is 0 Å². The lowest BCUT2D eigenvalue weighted by molar-refractivity contribution is -0.385. The number of hydrogen-bond donors (Lipinski definition) is 0. The van der Waals surface area contributed by atoms with Crippen molar-refractivity contribution in [2.75, 3.05) is 11.4 Å². The zero-order chi connectivity index (χ0) is 14.0. The van der Waals surface area contributed by atoms with Gasteiger partial charge in [0, 0.05) is 29.2 Å². The van der Waals surface area contributed by atoms with Crippen LogP contribution in [0.2, 0.25) is 0 Å². The van der Waals surface area contributed by atoms with E-state index < -0.39 is 0 Å². The summed E-state index contributed by atoms with van der Waals surface area (Å²) < 4.78 is 0.840. The van der Waals surface area contributed by atoms with E-state index in [2.05, 4.69) is 27.8 Å². The van der Waals surface area contributed by atoms with Crippen LogP contribution >= 0.6 is 15.9 Å². The van der Waals surface area contributed by atoms with Crippen molar-refractivity contribution in [3.05, 3.63) is 32.3 Å². The standard InChI is InChI=1S/C14H19BrN2O2/c1-3-11-8-12(17(18)19)9-13(15)14(11)16-7-5-4-6-10(16)2/h8-10H,3-7H2,1-2H3/t10-/m0/s1. The van der Waals surface area contributed by atoms with Crippen molar-refractivity contribution >= 4 is 27.3 Å². The number of halogens is 1. The van der Waals surface area contributed by atoms with Gasteiger partial charge in [0.05, 0.1) is 10.6 Å². The first kappa shape index (κ1) is 14.3. The molecule has 1 aliphatic heterocycles. The number of benzene rings is 1. The number of non-ortho nitro benzene ring substituents is 1. The van der Waals surface area contributed by atoms with Crippen molar-refractivity contribution in [1.82, 2.24) is 0 Å². The molecule has 1 saturated heterocycles. The van der Waals surface area contributed by atoms with E-state index >= 15 is 0 Å². The number of nitrogens with zero attached hydrogens (tertiary/aromatic N) is 2. The molecule has 1 heterocycles. The zero-order valence-electron chi connectivity index (χ0n) is 11.4. The largest absolute Gasteiger partial charge is 0.368 e. The Morgan fingerprint density at radius 3 is 2.79 bits per heavy atom. The van der Waals surface area contributed by atoms with E-state index in [1.54, 1.807) is 12.1 Å². The molecule has 0 unspecified atom stereocenters. The maximum absolute atomic E-state index is 10.9. The molecule has 19 heavy (non-hydrogen) atoms. The molecule has 1 fully saturated rings. The fourth-order valence-corrected chi connectivity index (χ4v) is 3.48. The molecule has 1 atom stereocenters. The van der Waals surface area contributed by atoms with Gasteiger partial charge >= 0.3 is 0 Å². The van der Waals surface area contributed by atoms with Crippen LogP contribution < -0.4 is 4.90 Å². The van der Waals surface area contributed by atoms with Crippen molar-refractivity contribution in [2.24, 2.45) is 0 Å². The molecule has 0 amide bonds. The van der Waals surface area contributed by atoms with E-state index in [0.717, 1.165) is 28.7 Å². The van der Waals surface area contributed by atoms with Gasteiger partial charge in [0.1, 0.15) is 0 Å². The average Bonchev–Trinajstić information content (AvgIpc) is 2.39. The fraction of sp³-hybridized carbons (Fsp3) is 0.571. The van der Waals surface area contributed by atoms with E-state index in [0.29, 0.717) is 6.04 Å². The van der Waals surface area contributed by atoms with Crippen LogP contribution in [0, 0.1) is 10.1 Å². The van der Waals surface area contributed by atoms with Crippen LogP contribution in [0.1, 0.15) is 38.7 Å². The first-order chi connectivity index (χ1) is 9.04. The molecule has 0 N–H and O–H groups in total. The van der Waals surface area contributed by atoms with Crippen LogP contribution in [0.4, 0.5) is 11.4 Å². The van der Waals surface area contributed by atoms with Crippen molar-refractivity contribution in [3.8, 4) is 0 Å². The highest BCUT2D eigenvalue weighted by atomic mass is 79.9. The lowest BCUT2D eigenvalue weighted by Crippen LogP contribution is -2.38. The van der Waals surface area contributed by atoms with Crippen molar-refractivity contribution < 1.29 is 4.92 Å².